The van der Waals surface area contributed by atoms with Crippen molar-refractivity contribution in [3.63, 3.8) is 0 Å². The van der Waals surface area contributed by atoms with Crippen LogP contribution >= 0.6 is 0 Å². The van der Waals surface area contributed by atoms with Gasteiger partial charge in [-0.3, -0.25) is 9.59 Å². The van der Waals surface area contributed by atoms with E-state index in [0.717, 1.165) is 32.2 Å². The van der Waals surface area contributed by atoms with Gasteiger partial charge in [0.05, 0.1) is 0 Å². The summed E-state index contributed by atoms with van der Waals surface area (Å²) in [6.07, 6.45) is 3.88. The number of nitrogens with zero attached hydrogens (tertiary/aromatic N) is 2. The van der Waals surface area contributed by atoms with Crippen LogP contribution in [0.5, 0.6) is 0 Å². The molecule has 2 aliphatic rings. The third kappa shape index (κ3) is 2.63. The van der Waals surface area contributed by atoms with Crippen LogP contribution in [0.25, 0.3) is 0 Å². The smallest absolute Gasteiger partial charge is 0.246 e. The first-order valence-electron chi connectivity index (χ1n) is 7.56. The first kappa shape index (κ1) is 14.4. The number of fused-ring (bicyclic) bond motifs is 1. The van der Waals surface area contributed by atoms with E-state index in [1.807, 2.05) is 11.8 Å². The third-order valence-corrected chi connectivity index (χ3v) is 4.49. The molecule has 2 rings (SSSR count). The summed E-state index contributed by atoms with van der Waals surface area (Å²) in [5.74, 6) is 0.940. The minimum atomic E-state index is -0.288. The monoisotopic (exact) mass is 266 g/mol. The van der Waals surface area contributed by atoms with Gasteiger partial charge in [0.2, 0.25) is 11.8 Å². The van der Waals surface area contributed by atoms with Crippen molar-refractivity contribution in [3.8, 4) is 0 Å². The number of rotatable bonds is 4. The molecule has 0 aromatic carbocycles. The quantitative estimate of drug-likeness (QED) is 0.781. The van der Waals surface area contributed by atoms with Crippen molar-refractivity contribution < 1.29 is 9.59 Å². The van der Waals surface area contributed by atoms with Gasteiger partial charge < -0.3 is 9.80 Å². The zero-order valence-electron chi connectivity index (χ0n) is 12.6. The van der Waals surface area contributed by atoms with Gasteiger partial charge in [0.15, 0.2) is 0 Å². The molecule has 0 bridgehead atoms. The van der Waals surface area contributed by atoms with Crippen LogP contribution in [0.1, 0.15) is 53.4 Å². The van der Waals surface area contributed by atoms with E-state index in [-0.39, 0.29) is 29.9 Å². The van der Waals surface area contributed by atoms with Gasteiger partial charge in [0, 0.05) is 12.6 Å². The molecule has 2 saturated heterocycles. The maximum absolute atomic E-state index is 12.6. The van der Waals surface area contributed by atoms with Gasteiger partial charge in [-0.25, -0.2) is 0 Å². The Labute approximate surface area is 116 Å². The Morgan fingerprint density at radius 1 is 1.16 bits per heavy atom. The summed E-state index contributed by atoms with van der Waals surface area (Å²) in [5.41, 5.74) is 0. The Morgan fingerprint density at radius 3 is 2.47 bits per heavy atom. The van der Waals surface area contributed by atoms with Crippen LogP contribution in [-0.2, 0) is 9.59 Å². The molecule has 2 heterocycles. The van der Waals surface area contributed by atoms with Crippen molar-refractivity contribution in [3.05, 3.63) is 0 Å². The molecule has 0 aliphatic carbocycles. The highest BCUT2D eigenvalue weighted by atomic mass is 16.2. The van der Waals surface area contributed by atoms with Crippen molar-refractivity contribution in [2.45, 2.75) is 71.5 Å². The topological polar surface area (TPSA) is 40.6 Å². The predicted molar refractivity (Wildman–Crippen MR) is 74.6 cm³/mol. The Hall–Kier alpha value is -1.06. The lowest BCUT2D eigenvalue weighted by molar-refractivity contribution is -0.161. The number of piperazine rings is 1. The molecule has 4 heteroatoms. The Kier molecular flexibility index (Phi) is 4.16. The van der Waals surface area contributed by atoms with E-state index in [9.17, 15) is 9.59 Å². The second kappa shape index (κ2) is 5.51. The molecule has 4 nitrogen and oxygen atoms in total. The molecular formula is C15H26N2O2. The molecule has 2 amide bonds. The fraction of sp³-hybridized carbons (Fsp3) is 0.867. The third-order valence-electron chi connectivity index (χ3n) is 4.49. The van der Waals surface area contributed by atoms with Gasteiger partial charge >= 0.3 is 0 Å². The first-order chi connectivity index (χ1) is 8.93. The normalized spacial score (nSPS) is 29.1. The lowest BCUT2D eigenvalue weighted by Crippen LogP contribution is -2.63. The summed E-state index contributed by atoms with van der Waals surface area (Å²) in [7, 11) is 0. The highest BCUT2D eigenvalue weighted by Gasteiger charge is 2.47. The zero-order valence-corrected chi connectivity index (χ0v) is 12.6. The Morgan fingerprint density at radius 2 is 1.84 bits per heavy atom. The van der Waals surface area contributed by atoms with Crippen LogP contribution in [-0.4, -0.2) is 46.3 Å². The van der Waals surface area contributed by atoms with Crippen LogP contribution in [0.15, 0.2) is 0 Å². The molecular weight excluding hydrogens is 240 g/mol. The highest BCUT2D eigenvalue weighted by Crippen LogP contribution is 2.29. The lowest BCUT2D eigenvalue weighted by Gasteiger charge is -2.44. The van der Waals surface area contributed by atoms with Crippen molar-refractivity contribution >= 4 is 11.8 Å². The average molecular weight is 266 g/mol. The van der Waals surface area contributed by atoms with E-state index >= 15 is 0 Å². The SMILES string of the molecule is CC(C)CCC(C)N1C(=O)C2CCCN2C(=O)C1C. The number of carbonyl (C=O) groups excluding carboxylic acids is 2. The lowest BCUT2D eigenvalue weighted by atomic mass is 9.98. The van der Waals surface area contributed by atoms with E-state index in [4.69, 9.17) is 0 Å². The average Bonchev–Trinajstić information content (AvgIpc) is 2.83. The van der Waals surface area contributed by atoms with Crippen molar-refractivity contribution in [2.75, 3.05) is 6.54 Å². The first-order valence-corrected chi connectivity index (χ1v) is 7.56. The minimum absolute atomic E-state index is 0.137. The molecule has 0 N–H and O–H groups in total. The second-order valence-electron chi connectivity index (χ2n) is 6.43. The summed E-state index contributed by atoms with van der Waals surface area (Å²) in [5, 5.41) is 0. The van der Waals surface area contributed by atoms with Crippen LogP contribution in [0.4, 0.5) is 0 Å². The molecule has 2 fully saturated rings. The van der Waals surface area contributed by atoms with E-state index in [1.54, 1.807) is 4.90 Å². The van der Waals surface area contributed by atoms with Gasteiger partial charge in [0.1, 0.15) is 12.1 Å². The largest absolute Gasteiger partial charge is 0.329 e. The summed E-state index contributed by atoms with van der Waals surface area (Å²) in [4.78, 5) is 28.6. The summed E-state index contributed by atoms with van der Waals surface area (Å²) >= 11 is 0. The molecule has 0 aromatic heterocycles. The molecule has 19 heavy (non-hydrogen) atoms. The van der Waals surface area contributed by atoms with Crippen LogP contribution in [0.3, 0.4) is 0 Å². The Bertz CT molecular complexity index is 367. The predicted octanol–water partition coefficient (Wildman–Crippen LogP) is 2.03. The Balaban J connectivity index is 2.10. The van der Waals surface area contributed by atoms with Gasteiger partial charge in [-0.15, -0.1) is 0 Å². The number of amides is 2. The van der Waals surface area contributed by atoms with Gasteiger partial charge in [-0.1, -0.05) is 13.8 Å². The molecule has 0 saturated carbocycles. The summed E-state index contributed by atoms with van der Waals surface area (Å²) in [6.45, 7) is 9.10. The summed E-state index contributed by atoms with van der Waals surface area (Å²) in [6, 6.07) is -0.300. The van der Waals surface area contributed by atoms with Crippen LogP contribution in [0.2, 0.25) is 0 Å². The van der Waals surface area contributed by atoms with Crippen molar-refractivity contribution in [1.29, 1.82) is 0 Å². The van der Waals surface area contributed by atoms with Crippen LogP contribution < -0.4 is 0 Å². The van der Waals surface area contributed by atoms with E-state index in [1.165, 1.54) is 0 Å². The highest BCUT2D eigenvalue weighted by molar-refractivity contribution is 5.97. The fourth-order valence-electron chi connectivity index (χ4n) is 3.32. The summed E-state index contributed by atoms with van der Waals surface area (Å²) < 4.78 is 0. The second-order valence-corrected chi connectivity index (χ2v) is 6.43. The van der Waals surface area contributed by atoms with E-state index < -0.39 is 0 Å². The van der Waals surface area contributed by atoms with Gasteiger partial charge in [-0.05, 0) is 45.4 Å². The number of hydrogen-bond acceptors (Lipinski definition) is 2. The molecule has 3 atom stereocenters. The van der Waals surface area contributed by atoms with Crippen molar-refractivity contribution in [1.82, 2.24) is 9.80 Å². The fourth-order valence-corrected chi connectivity index (χ4v) is 3.32. The van der Waals surface area contributed by atoms with Crippen LogP contribution in [0, 0.1) is 5.92 Å². The maximum Gasteiger partial charge on any atom is 0.246 e. The van der Waals surface area contributed by atoms with Gasteiger partial charge in [-0.2, -0.15) is 0 Å². The number of carbonyl (C=O) groups is 2. The molecule has 0 radical (unpaired) electrons. The number of hydrogen-bond donors (Lipinski definition) is 0. The van der Waals surface area contributed by atoms with Gasteiger partial charge in [0.25, 0.3) is 0 Å². The molecule has 3 unspecified atom stereocenters. The molecule has 0 aromatic rings. The standard InChI is InChI=1S/C15H26N2O2/c1-10(2)7-8-11(3)17-12(4)14(18)16-9-5-6-13(16)15(17)19/h10-13H,5-9H2,1-4H3. The van der Waals surface area contributed by atoms with Crippen molar-refractivity contribution in [2.24, 2.45) is 5.92 Å². The molecule has 2 aliphatic heterocycles. The zero-order chi connectivity index (χ0) is 14.2. The van der Waals surface area contributed by atoms with E-state index in [2.05, 4.69) is 20.8 Å². The maximum atomic E-state index is 12.6. The molecule has 0 spiro atoms. The minimum Gasteiger partial charge on any atom is -0.329 e. The molecule has 108 valence electrons. The van der Waals surface area contributed by atoms with E-state index in [0.29, 0.717) is 5.92 Å².